The quantitative estimate of drug-likeness (QED) is 0.444. The molecule has 0 aromatic heterocycles. The van der Waals surface area contributed by atoms with Gasteiger partial charge in [-0.3, -0.25) is 0 Å². The third kappa shape index (κ3) is 2.27. The molecule has 1 saturated heterocycles. The standard InChI is InChI=1S/C13H16O5S/c1-7(2)12(15)16-6-11(14)17-13-3-8-9(4-13)18-19-10(8)5-13/h8-10H,1,3-6H2,2H3. The van der Waals surface area contributed by atoms with Crippen LogP contribution < -0.4 is 0 Å². The number of hydrogen-bond donors (Lipinski definition) is 0. The monoisotopic (exact) mass is 284 g/mol. The molecule has 0 aromatic carbocycles. The fourth-order valence-corrected chi connectivity index (χ4v) is 4.50. The maximum Gasteiger partial charge on any atom is 0.344 e. The van der Waals surface area contributed by atoms with Gasteiger partial charge in [0, 0.05) is 29.6 Å². The molecule has 0 amide bonds. The van der Waals surface area contributed by atoms with Gasteiger partial charge in [0.05, 0.1) is 6.10 Å². The van der Waals surface area contributed by atoms with Crippen LogP contribution in [0.15, 0.2) is 12.2 Å². The summed E-state index contributed by atoms with van der Waals surface area (Å²) in [5, 5.41) is 0.449. The van der Waals surface area contributed by atoms with Gasteiger partial charge in [0.2, 0.25) is 0 Å². The van der Waals surface area contributed by atoms with Gasteiger partial charge in [-0.15, -0.1) is 0 Å². The van der Waals surface area contributed by atoms with Gasteiger partial charge in [-0.05, 0) is 25.4 Å². The Bertz CT molecular complexity index is 427. The van der Waals surface area contributed by atoms with Crippen molar-refractivity contribution in [3.8, 4) is 0 Å². The van der Waals surface area contributed by atoms with Crippen molar-refractivity contribution >= 4 is 24.0 Å². The summed E-state index contributed by atoms with van der Waals surface area (Å²) in [5.74, 6) is -0.540. The van der Waals surface area contributed by atoms with Crippen molar-refractivity contribution in [1.29, 1.82) is 0 Å². The Balaban J connectivity index is 1.53. The van der Waals surface area contributed by atoms with Crippen molar-refractivity contribution < 1.29 is 23.2 Å². The van der Waals surface area contributed by atoms with E-state index < -0.39 is 17.5 Å². The van der Waals surface area contributed by atoms with E-state index >= 15 is 0 Å². The Morgan fingerprint density at radius 1 is 1.42 bits per heavy atom. The molecule has 0 spiro atoms. The molecule has 4 unspecified atom stereocenters. The molecule has 104 valence electrons. The van der Waals surface area contributed by atoms with E-state index in [-0.39, 0.29) is 18.3 Å². The molecule has 0 aromatic rings. The van der Waals surface area contributed by atoms with Gasteiger partial charge < -0.3 is 13.7 Å². The molecule has 2 bridgehead atoms. The highest BCUT2D eigenvalue weighted by Gasteiger charge is 2.62. The molecule has 3 rings (SSSR count). The first-order valence-corrected chi connectivity index (χ1v) is 7.16. The van der Waals surface area contributed by atoms with E-state index in [0.717, 1.165) is 19.3 Å². The molecule has 3 fully saturated rings. The third-order valence-electron chi connectivity index (χ3n) is 4.01. The van der Waals surface area contributed by atoms with Crippen LogP contribution in [0.25, 0.3) is 0 Å². The molecule has 2 aliphatic carbocycles. The SMILES string of the molecule is C=C(C)C(=O)OCC(=O)OC12CC3OSC(C1)C3C2. The fraction of sp³-hybridized carbons (Fsp3) is 0.692. The van der Waals surface area contributed by atoms with E-state index in [1.807, 2.05) is 0 Å². The largest absolute Gasteiger partial charge is 0.456 e. The smallest absolute Gasteiger partial charge is 0.344 e. The van der Waals surface area contributed by atoms with Crippen LogP contribution >= 0.6 is 12.0 Å². The molecule has 1 aliphatic heterocycles. The van der Waals surface area contributed by atoms with Crippen molar-refractivity contribution in [3.05, 3.63) is 12.2 Å². The summed E-state index contributed by atoms with van der Waals surface area (Å²) in [4.78, 5) is 23.0. The van der Waals surface area contributed by atoms with Crippen molar-refractivity contribution in [2.24, 2.45) is 5.92 Å². The Morgan fingerprint density at radius 2 is 2.21 bits per heavy atom. The van der Waals surface area contributed by atoms with E-state index in [2.05, 4.69) is 6.58 Å². The third-order valence-corrected chi connectivity index (χ3v) is 5.13. The van der Waals surface area contributed by atoms with Crippen LogP contribution in [0.5, 0.6) is 0 Å². The van der Waals surface area contributed by atoms with Gasteiger partial charge in [-0.25, -0.2) is 9.59 Å². The molecule has 6 heteroatoms. The number of hydrogen-bond acceptors (Lipinski definition) is 6. The summed E-state index contributed by atoms with van der Waals surface area (Å²) in [5.41, 5.74) is -0.119. The number of carbonyl (C=O) groups is 2. The van der Waals surface area contributed by atoms with E-state index in [1.54, 1.807) is 0 Å². The first-order chi connectivity index (χ1) is 8.99. The number of esters is 2. The molecule has 4 atom stereocenters. The van der Waals surface area contributed by atoms with Crippen molar-refractivity contribution in [2.45, 2.75) is 43.1 Å². The molecular weight excluding hydrogens is 268 g/mol. The second-order valence-corrected chi connectivity index (χ2v) is 6.55. The minimum Gasteiger partial charge on any atom is -0.456 e. The summed E-state index contributed by atoms with van der Waals surface area (Å²) < 4.78 is 16.0. The van der Waals surface area contributed by atoms with Gasteiger partial charge in [0.1, 0.15) is 5.60 Å². The van der Waals surface area contributed by atoms with E-state index in [0.29, 0.717) is 11.2 Å². The number of rotatable bonds is 4. The summed E-state index contributed by atoms with van der Waals surface area (Å²) in [7, 11) is 0. The predicted octanol–water partition coefficient (Wildman–Crippen LogP) is 1.62. The lowest BCUT2D eigenvalue weighted by Gasteiger charge is -2.27. The zero-order valence-corrected chi connectivity index (χ0v) is 11.5. The summed E-state index contributed by atoms with van der Waals surface area (Å²) in [6, 6.07) is 0. The van der Waals surface area contributed by atoms with Gasteiger partial charge in [0.25, 0.3) is 0 Å². The van der Waals surface area contributed by atoms with Crippen molar-refractivity contribution in [1.82, 2.24) is 0 Å². The van der Waals surface area contributed by atoms with Crippen molar-refractivity contribution in [3.63, 3.8) is 0 Å². The van der Waals surface area contributed by atoms with Crippen LogP contribution in [0.2, 0.25) is 0 Å². The van der Waals surface area contributed by atoms with Gasteiger partial charge >= 0.3 is 11.9 Å². The van der Waals surface area contributed by atoms with Crippen LogP contribution in [-0.2, 0) is 23.2 Å². The van der Waals surface area contributed by atoms with Crippen LogP contribution in [0, 0.1) is 5.92 Å². The zero-order valence-electron chi connectivity index (χ0n) is 10.7. The molecule has 5 nitrogen and oxygen atoms in total. The highest BCUT2D eigenvalue weighted by atomic mass is 32.2. The average Bonchev–Trinajstić information content (AvgIpc) is 2.91. The Morgan fingerprint density at radius 3 is 2.84 bits per heavy atom. The van der Waals surface area contributed by atoms with Crippen LogP contribution in [0.1, 0.15) is 26.2 Å². The minimum absolute atomic E-state index is 0.217. The maximum atomic E-state index is 11.8. The lowest BCUT2D eigenvalue weighted by atomic mass is 9.94. The molecule has 3 aliphatic rings. The number of carbonyl (C=O) groups excluding carboxylic acids is 2. The summed E-state index contributed by atoms with van der Waals surface area (Å²) in [6.07, 6.45) is 2.70. The molecule has 2 saturated carbocycles. The summed E-state index contributed by atoms with van der Waals surface area (Å²) in [6.45, 7) is 4.65. The Hall–Kier alpha value is -1.01. The van der Waals surface area contributed by atoms with Crippen molar-refractivity contribution in [2.75, 3.05) is 6.61 Å². The first kappa shape index (κ1) is 13.0. The average molecular weight is 284 g/mol. The molecule has 0 radical (unpaired) electrons. The summed E-state index contributed by atoms with van der Waals surface area (Å²) >= 11 is 1.52. The lowest BCUT2D eigenvalue weighted by molar-refractivity contribution is -0.168. The van der Waals surface area contributed by atoms with Gasteiger partial charge in [-0.2, -0.15) is 0 Å². The number of fused-ring (bicyclic) bond motifs is 1. The predicted molar refractivity (Wildman–Crippen MR) is 68.2 cm³/mol. The Kier molecular flexibility index (Phi) is 3.09. The zero-order chi connectivity index (χ0) is 13.6. The first-order valence-electron chi connectivity index (χ1n) is 6.36. The molecule has 0 N–H and O–H groups in total. The van der Waals surface area contributed by atoms with Gasteiger partial charge in [0.15, 0.2) is 6.61 Å². The van der Waals surface area contributed by atoms with Crippen LogP contribution in [-0.4, -0.2) is 35.5 Å². The van der Waals surface area contributed by atoms with Gasteiger partial charge in [-0.1, -0.05) is 6.58 Å². The van der Waals surface area contributed by atoms with E-state index in [9.17, 15) is 9.59 Å². The highest BCUT2D eigenvalue weighted by Crippen LogP contribution is 2.60. The Labute approximate surface area is 115 Å². The second-order valence-electron chi connectivity index (χ2n) is 5.56. The molecular formula is C13H16O5S. The fourth-order valence-electron chi connectivity index (χ4n) is 3.22. The molecule has 19 heavy (non-hydrogen) atoms. The minimum atomic E-state index is -0.566. The molecule has 1 heterocycles. The lowest BCUT2D eigenvalue weighted by Crippen LogP contribution is -2.35. The highest BCUT2D eigenvalue weighted by molar-refractivity contribution is 7.95. The normalized spacial score (nSPS) is 38.3. The van der Waals surface area contributed by atoms with Crippen LogP contribution in [0.4, 0.5) is 0 Å². The van der Waals surface area contributed by atoms with E-state index in [4.69, 9.17) is 13.7 Å². The second kappa shape index (κ2) is 4.52. The maximum absolute atomic E-state index is 11.8. The topological polar surface area (TPSA) is 61.8 Å². The number of ether oxygens (including phenoxy) is 2. The van der Waals surface area contributed by atoms with Crippen LogP contribution in [0.3, 0.4) is 0 Å². The van der Waals surface area contributed by atoms with E-state index in [1.165, 1.54) is 19.0 Å².